The molecule has 0 aromatic heterocycles. The van der Waals surface area contributed by atoms with Crippen molar-refractivity contribution in [1.29, 1.82) is 0 Å². The smallest absolute Gasteiger partial charge is 0.189 e. The number of unbranched alkanes of at least 4 members (excludes halogenated alkanes) is 10. The van der Waals surface area contributed by atoms with Gasteiger partial charge in [0.05, 0.1) is 4.99 Å². The van der Waals surface area contributed by atoms with Crippen molar-refractivity contribution in [2.75, 3.05) is 11.5 Å². The van der Waals surface area contributed by atoms with Crippen LogP contribution in [0.1, 0.15) is 89.5 Å². The summed E-state index contributed by atoms with van der Waals surface area (Å²) in [6, 6.07) is 7.99. The molecule has 1 rings (SSSR count). The first-order valence-electron chi connectivity index (χ1n) is 10.7. The third-order valence-electron chi connectivity index (χ3n) is 4.87. The summed E-state index contributed by atoms with van der Waals surface area (Å²) in [4.78, 5) is 9.81. The van der Waals surface area contributed by atoms with E-state index in [-0.39, 0.29) is 0 Å². The molecule has 0 spiro atoms. The van der Waals surface area contributed by atoms with Crippen LogP contribution >= 0.6 is 20.2 Å². The summed E-state index contributed by atoms with van der Waals surface area (Å²) >= 11 is 5.44. The fourth-order valence-electron chi connectivity index (χ4n) is 3.18. The number of rotatable bonds is 16. The highest BCUT2D eigenvalue weighted by atomic mass is 32.1. The lowest BCUT2D eigenvalue weighted by molar-refractivity contribution is 0.502. The molecule has 0 radical (unpaired) electrons. The van der Waals surface area contributed by atoms with E-state index in [0.717, 1.165) is 29.1 Å². The molecule has 1 aromatic carbocycles. The molecule has 3 nitrogen and oxygen atoms in total. The predicted molar refractivity (Wildman–Crippen MR) is 124 cm³/mol. The molecule has 0 saturated carbocycles. The van der Waals surface area contributed by atoms with Crippen LogP contribution in [0, 0.1) is 0 Å². The fraction of sp³-hybridized carbons (Fsp3) is 0.682. The molecule has 1 aromatic rings. The van der Waals surface area contributed by atoms with Crippen LogP contribution in [0.2, 0.25) is 0 Å². The van der Waals surface area contributed by atoms with Crippen molar-refractivity contribution < 1.29 is 9.46 Å². The van der Waals surface area contributed by atoms with Gasteiger partial charge in [0.25, 0.3) is 0 Å². The SMILES string of the molecule is CCCCCCCCCCCCCC(=S)Nc1ccc(CC[PH](=O)O)cc1. The Balaban J connectivity index is 2.01. The normalized spacial score (nSPS) is 12.1. The van der Waals surface area contributed by atoms with Crippen molar-refractivity contribution in [1.82, 2.24) is 0 Å². The van der Waals surface area contributed by atoms with Crippen LogP contribution < -0.4 is 5.32 Å². The van der Waals surface area contributed by atoms with E-state index in [2.05, 4.69) is 12.2 Å². The van der Waals surface area contributed by atoms with E-state index in [4.69, 9.17) is 17.1 Å². The Hall–Kier alpha value is -0.700. The van der Waals surface area contributed by atoms with E-state index in [0.29, 0.717) is 12.6 Å². The summed E-state index contributed by atoms with van der Waals surface area (Å²) in [5, 5.41) is 3.30. The molecule has 2 N–H and O–H groups in total. The van der Waals surface area contributed by atoms with Crippen molar-refractivity contribution in [2.45, 2.75) is 90.4 Å². The highest BCUT2D eigenvalue weighted by Gasteiger charge is 2.01. The number of benzene rings is 1. The first kappa shape index (κ1) is 24.3. The highest BCUT2D eigenvalue weighted by molar-refractivity contribution is 7.80. The van der Waals surface area contributed by atoms with Gasteiger partial charge in [0, 0.05) is 11.8 Å². The second kappa shape index (κ2) is 16.3. The van der Waals surface area contributed by atoms with Gasteiger partial charge in [-0.3, -0.25) is 4.57 Å². The molecule has 0 aliphatic carbocycles. The van der Waals surface area contributed by atoms with Crippen LogP contribution in [0.3, 0.4) is 0 Å². The lowest BCUT2D eigenvalue weighted by atomic mass is 10.1. The molecule has 0 aliphatic heterocycles. The van der Waals surface area contributed by atoms with Gasteiger partial charge in [0.1, 0.15) is 0 Å². The maximum absolute atomic E-state index is 10.8. The molecular weight excluding hydrogens is 373 g/mol. The molecule has 1 unspecified atom stereocenters. The van der Waals surface area contributed by atoms with E-state index in [1.807, 2.05) is 24.3 Å². The quantitative estimate of drug-likeness (QED) is 0.172. The van der Waals surface area contributed by atoms with Crippen molar-refractivity contribution >= 4 is 30.9 Å². The standard InChI is InChI=1S/C22H38NO2PS/c1-2-3-4-5-6-7-8-9-10-11-12-13-22(27)23-21-16-14-20(15-17-21)18-19-26(24)25/h14-17,26H,2-13,18-19H2,1H3,(H,23,27)(H,24,25). The van der Waals surface area contributed by atoms with Crippen molar-refractivity contribution in [3.63, 3.8) is 0 Å². The van der Waals surface area contributed by atoms with E-state index < -0.39 is 8.03 Å². The van der Waals surface area contributed by atoms with Crippen LogP contribution in [0.25, 0.3) is 0 Å². The number of anilines is 1. The zero-order valence-electron chi connectivity index (χ0n) is 17.0. The summed E-state index contributed by atoms with van der Waals surface area (Å²) in [6.45, 7) is 2.27. The predicted octanol–water partition coefficient (Wildman–Crippen LogP) is 7.14. The van der Waals surface area contributed by atoms with Gasteiger partial charge in [0.2, 0.25) is 0 Å². The Bertz CT molecular complexity index is 534. The Kier molecular flexibility index (Phi) is 14.7. The number of nitrogens with one attached hydrogen (secondary N) is 1. The van der Waals surface area contributed by atoms with E-state index in [1.54, 1.807) is 0 Å². The molecule has 0 heterocycles. The van der Waals surface area contributed by atoms with Gasteiger partial charge >= 0.3 is 0 Å². The molecule has 0 amide bonds. The van der Waals surface area contributed by atoms with E-state index >= 15 is 0 Å². The number of thiocarbonyl (C=S) groups is 1. The van der Waals surface area contributed by atoms with Gasteiger partial charge < -0.3 is 10.2 Å². The van der Waals surface area contributed by atoms with Crippen LogP contribution in [0.15, 0.2) is 24.3 Å². The Morgan fingerprint density at radius 1 is 0.926 bits per heavy atom. The largest absolute Gasteiger partial charge is 0.350 e. The minimum absolute atomic E-state index is 0.356. The second-order valence-corrected chi connectivity index (χ2v) is 9.20. The lowest BCUT2D eigenvalue weighted by Crippen LogP contribution is -2.08. The van der Waals surface area contributed by atoms with Gasteiger partial charge in [-0.15, -0.1) is 0 Å². The lowest BCUT2D eigenvalue weighted by Gasteiger charge is -2.09. The maximum Gasteiger partial charge on any atom is 0.189 e. The summed E-state index contributed by atoms with van der Waals surface area (Å²) in [7, 11) is -2.37. The highest BCUT2D eigenvalue weighted by Crippen LogP contribution is 2.18. The fourth-order valence-corrected chi connectivity index (χ4v) is 3.94. The van der Waals surface area contributed by atoms with Crippen LogP contribution in [-0.2, 0) is 11.0 Å². The van der Waals surface area contributed by atoms with Gasteiger partial charge in [-0.05, 0) is 37.0 Å². The minimum Gasteiger partial charge on any atom is -0.350 e. The van der Waals surface area contributed by atoms with Crippen molar-refractivity contribution in [2.24, 2.45) is 0 Å². The first-order chi connectivity index (χ1) is 13.1. The van der Waals surface area contributed by atoms with Crippen LogP contribution in [-0.4, -0.2) is 16.0 Å². The zero-order chi connectivity index (χ0) is 19.7. The summed E-state index contributed by atoms with van der Waals surface area (Å²) in [5.74, 6) is 0. The average molecular weight is 412 g/mol. The number of hydrogen-bond acceptors (Lipinski definition) is 2. The van der Waals surface area contributed by atoms with E-state index in [1.165, 1.54) is 64.2 Å². The summed E-state index contributed by atoms with van der Waals surface area (Å²) < 4.78 is 10.8. The third kappa shape index (κ3) is 14.0. The summed E-state index contributed by atoms with van der Waals surface area (Å²) in [6.07, 6.45) is 16.8. The first-order valence-corrected chi connectivity index (χ1v) is 12.7. The minimum atomic E-state index is -2.37. The van der Waals surface area contributed by atoms with Gasteiger partial charge in [-0.25, -0.2) is 0 Å². The van der Waals surface area contributed by atoms with Gasteiger partial charge in [0.15, 0.2) is 8.03 Å². The average Bonchev–Trinajstić information content (AvgIpc) is 2.65. The van der Waals surface area contributed by atoms with Crippen LogP contribution in [0.4, 0.5) is 5.69 Å². The molecule has 0 saturated heterocycles. The Morgan fingerprint density at radius 2 is 1.44 bits per heavy atom. The number of hydrogen-bond donors (Lipinski definition) is 2. The molecule has 5 heteroatoms. The molecule has 0 aliphatic rings. The van der Waals surface area contributed by atoms with Gasteiger partial charge in [-0.2, -0.15) is 0 Å². The monoisotopic (exact) mass is 411 g/mol. The topological polar surface area (TPSA) is 49.3 Å². The molecule has 0 fully saturated rings. The van der Waals surface area contributed by atoms with Crippen molar-refractivity contribution in [3.05, 3.63) is 29.8 Å². The van der Waals surface area contributed by atoms with Gasteiger partial charge in [-0.1, -0.05) is 95.5 Å². The summed E-state index contributed by atoms with van der Waals surface area (Å²) in [5.41, 5.74) is 2.09. The Labute approximate surface area is 172 Å². The molecule has 0 bridgehead atoms. The number of aryl methyl sites for hydroxylation is 1. The second-order valence-electron chi connectivity index (χ2n) is 7.42. The molecular formula is C22H38NO2PS. The third-order valence-corrected chi connectivity index (χ3v) is 5.86. The zero-order valence-corrected chi connectivity index (χ0v) is 18.8. The molecule has 154 valence electrons. The molecule has 1 atom stereocenters. The molecule has 27 heavy (non-hydrogen) atoms. The van der Waals surface area contributed by atoms with E-state index in [9.17, 15) is 4.57 Å². The van der Waals surface area contributed by atoms with Crippen molar-refractivity contribution in [3.8, 4) is 0 Å². The maximum atomic E-state index is 10.8. The van der Waals surface area contributed by atoms with Crippen LogP contribution in [0.5, 0.6) is 0 Å². The Morgan fingerprint density at radius 3 is 1.96 bits per heavy atom.